The molecule has 142 valence electrons. The van der Waals surface area contributed by atoms with E-state index in [1.54, 1.807) is 24.3 Å². The number of hydrogen-bond acceptors (Lipinski definition) is 6. The van der Waals surface area contributed by atoms with Crippen LogP contribution in [-0.2, 0) is 20.9 Å². The third-order valence-corrected chi connectivity index (χ3v) is 4.47. The maximum Gasteiger partial charge on any atom is 0.321 e. The van der Waals surface area contributed by atoms with Crippen LogP contribution in [0, 0.1) is 0 Å². The van der Waals surface area contributed by atoms with E-state index in [4.69, 9.17) is 16.3 Å². The van der Waals surface area contributed by atoms with Gasteiger partial charge in [0.05, 0.1) is 13.0 Å². The molecule has 2 aromatic rings. The van der Waals surface area contributed by atoms with Crippen LogP contribution < -0.4 is 10.6 Å². The van der Waals surface area contributed by atoms with Crippen LogP contribution in [0.1, 0.15) is 28.1 Å². The monoisotopic (exact) mass is 408 g/mol. The van der Waals surface area contributed by atoms with E-state index in [9.17, 15) is 19.2 Å². The second-order valence-corrected chi connectivity index (χ2v) is 6.87. The minimum atomic E-state index is -0.754. The summed E-state index contributed by atoms with van der Waals surface area (Å²) in [6.07, 6.45) is -0.220. The normalized spacial score (nSPS) is 10.1. The molecule has 1 aromatic carbocycles. The average Bonchev–Trinajstić information content (AvgIpc) is 3.17. The predicted octanol–water partition coefficient (Wildman–Crippen LogP) is 2.93. The second-order valence-electron chi connectivity index (χ2n) is 5.40. The summed E-state index contributed by atoms with van der Waals surface area (Å²) < 4.78 is 4.76. The van der Waals surface area contributed by atoms with Gasteiger partial charge in [-0.15, -0.1) is 11.3 Å². The van der Waals surface area contributed by atoms with Crippen LogP contribution in [0.4, 0.5) is 4.79 Å². The van der Waals surface area contributed by atoms with Gasteiger partial charge in [-0.25, -0.2) is 4.79 Å². The van der Waals surface area contributed by atoms with Crippen molar-refractivity contribution >= 4 is 46.6 Å². The van der Waals surface area contributed by atoms with Crippen molar-refractivity contribution in [3.8, 4) is 0 Å². The van der Waals surface area contributed by atoms with Crippen LogP contribution in [0.5, 0.6) is 0 Å². The standard InChI is InChI=1S/C18H17ClN2O5S/c19-13-5-3-12(4-6-13)15(22)7-8-17(24)26-11-16(23)21-18(25)20-10-14-2-1-9-27-14/h1-6,9H,7-8,10-11H2,(H2,20,21,23,25). The zero-order valence-corrected chi connectivity index (χ0v) is 15.8. The number of esters is 1. The lowest BCUT2D eigenvalue weighted by atomic mass is 10.1. The maximum absolute atomic E-state index is 11.9. The number of amides is 3. The first kappa shape index (κ1) is 20.6. The fraction of sp³-hybridized carbons (Fsp3) is 0.222. The Hall–Kier alpha value is -2.71. The predicted molar refractivity (Wildman–Crippen MR) is 101 cm³/mol. The van der Waals surface area contributed by atoms with Gasteiger partial charge in [-0.1, -0.05) is 17.7 Å². The summed E-state index contributed by atoms with van der Waals surface area (Å²) in [5, 5.41) is 6.95. The van der Waals surface area contributed by atoms with E-state index in [1.165, 1.54) is 11.3 Å². The molecule has 0 aliphatic carbocycles. The number of rotatable bonds is 8. The number of Topliss-reactive ketones (excluding diaryl/α,β-unsaturated/α-hetero) is 1. The average molecular weight is 409 g/mol. The first-order valence-corrected chi connectivity index (χ1v) is 9.24. The van der Waals surface area contributed by atoms with Crippen LogP contribution in [-0.4, -0.2) is 30.3 Å². The van der Waals surface area contributed by atoms with Crippen molar-refractivity contribution < 1.29 is 23.9 Å². The number of thiophene rings is 1. The summed E-state index contributed by atoms with van der Waals surface area (Å²) in [6.45, 7) is -0.302. The van der Waals surface area contributed by atoms with Gasteiger partial charge in [0.1, 0.15) is 0 Å². The van der Waals surface area contributed by atoms with Gasteiger partial charge in [0.25, 0.3) is 5.91 Å². The zero-order valence-electron chi connectivity index (χ0n) is 14.2. The Bertz CT molecular complexity index is 806. The maximum atomic E-state index is 11.9. The Morgan fingerprint density at radius 1 is 1.04 bits per heavy atom. The van der Waals surface area contributed by atoms with Crippen molar-refractivity contribution in [1.29, 1.82) is 0 Å². The zero-order chi connectivity index (χ0) is 19.6. The molecule has 1 heterocycles. The molecule has 0 aliphatic rings. The van der Waals surface area contributed by atoms with Gasteiger partial charge in [0, 0.05) is 21.9 Å². The lowest BCUT2D eigenvalue weighted by Crippen LogP contribution is -2.41. The van der Waals surface area contributed by atoms with Crippen LogP contribution in [0.2, 0.25) is 5.02 Å². The quantitative estimate of drug-likeness (QED) is 0.516. The molecule has 0 saturated carbocycles. The van der Waals surface area contributed by atoms with E-state index in [-0.39, 0.29) is 18.6 Å². The smallest absolute Gasteiger partial charge is 0.321 e. The summed E-state index contributed by atoms with van der Waals surface area (Å²) in [5.41, 5.74) is 0.437. The van der Waals surface area contributed by atoms with Crippen LogP contribution >= 0.6 is 22.9 Å². The van der Waals surface area contributed by atoms with Gasteiger partial charge >= 0.3 is 12.0 Å². The third-order valence-electron chi connectivity index (χ3n) is 3.34. The van der Waals surface area contributed by atoms with Crippen molar-refractivity contribution in [2.24, 2.45) is 0 Å². The Kier molecular flexibility index (Phi) is 7.97. The largest absolute Gasteiger partial charge is 0.456 e. The molecular formula is C18H17ClN2O5S. The number of carbonyl (C=O) groups excluding carboxylic acids is 4. The number of benzene rings is 1. The van der Waals surface area contributed by atoms with E-state index in [0.717, 1.165) is 4.88 Å². The van der Waals surface area contributed by atoms with Gasteiger partial charge in [-0.2, -0.15) is 0 Å². The molecule has 0 unspecified atom stereocenters. The molecule has 0 bridgehead atoms. The highest BCUT2D eigenvalue weighted by Crippen LogP contribution is 2.12. The molecule has 2 N–H and O–H groups in total. The first-order chi connectivity index (χ1) is 12.9. The van der Waals surface area contributed by atoms with Crippen molar-refractivity contribution in [3.63, 3.8) is 0 Å². The molecule has 0 atom stereocenters. The fourth-order valence-corrected chi connectivity index (χ4v) is 2.77. The molecule has 1 aromatic heterocycles. The number of urea groups is 1. The first-order valence-electron chi connectivity index (χ1n) is 7.98. The molecule has 3 amide bonds. The van der Waals surface area contributed by atoms with Crippen molar-refractivity contribution in [3.05, 3.63) is 57.2 Å². The molecule has 0 fully saturated rings. The lowest BCUT2D eigenvalue weighted by Gasteiger charge is -2.07. The van der Waals surface area contributed by atoms with Crippen molar-refractivity contribution in [2.75, 3.05) is 6.61 Å². The molecule has 27 heavy (non-hydrogen) atoms. The topological polar surface area (TPSA) is 102 Å². The van der Waals surface area contributed by atoms with Gasteiger partial charge in [0.2, 0.25) is 0 Å². The molecule has 9 heteroatoms. The Balaban J connectivity index is 1.62. The molecule has 0 spiro atoms. The van der Waals surface area contributed by atoms with Crippen LogP contribution in [0.15, 0.2) is 41.8 Å². The molecule has 2 rings (SSSR count). The Morgan fingerprint density at radius 3 is 2.44 bits per heavy atom. The molecular weight excluding hydrogens is 392 g/mol. The van der Waals surface area contributed by atoms with E-state index in [2.05, 4.69) is 10.6 Å². The lowest BCUT2D eigenvalue weighted by molar-refractivity contribution is -0.148. The number of ether oxygens (including phenoxy) is 1. The highest BCUT2D eigenvalue weighted by Gasteiger charge is 2.13. The SMILES string of the molecule is O=C(COC(=O)CCC(=O)c1ccc(Cl)cc1)NC(=O)NCc1cccs1. The molecule has 0 aliphatic heterocycles. The highest BCUT2D eigenvalue weighted by molar-refractivity contribution is 7.09. The molecule has 7 nitrogen and oxygen atoms in total. The number of hydrogen-bond donors (Lipinski definition) is 2. The van der Waals surface area contributed by atoms with Crippen LogP contribution in [0.25, 0.3) is 0 Å². The third kappa shape index (κ3) is 7.59. The number of carbonyl (C=O) groups is 4. The van der Waals surface area contributed by atoms with Gasteiger partial charge in [-0.3, -0.25) is 19.7 Å². The highest BCUT2D eigenvalue weighted by atomic mass is 35.5. The Morgan fingerprint density at radius 2 is 1.78 bits per heavy atom. The minimum Gasteiger partial charge on any atom is -0.456 e. The van der Waals surface area contributed by atoms with Crippen LogP contribution in [0.3, 0.4) is 0 Å². The number of imide groups is 1. The van der Waals surface area contributed by atoms with E-state index in [0.29, 0.717) is 17.1 Å². The summed E-state index contributed by atoms with van der Waals surface area (Å²) in [4.78, 5) is 47.6. The second kappa shape index (κ2) is 10.4. The number of ketones is 1. The van der Waals surface area contributed by atoms with Crippen molar-refractivity contribution in [1.82, 2.24) is 10.6 Å². The summed E-state index contributed by atoms with van der Waals surface area (Å²) in [7, 11) is 0. The van der Waals surface area contributed by atoms with E-state index < -0.39 is 24.5 Å². The van der Waals surface area contributed by atoms with Crippen molar-refractivity contribution in [2.45, 2.75) is 19.4 Å². The molecule has 0 radical (unpaired) electrons. The molecule has 0 saturated heterocycles. The van der Waals surface area contributed by atoms with Gasteiger partial charge < -0.3 is 10.1 Å². The summed E-state index contributed by atoms with van der Waals surface area (Å²) >= 11 is 7.22. The fourth-order valence-electron chi connectivity index (χ4n) is 2.00. The summed E-state index contributed by atoms with van der Waals surface area (Å²) in [5.74, 6) is -1.69. The van der Waals surface area contributed by atoms with E-state index >= 15 is 0 Å². The summed E-state index contributed by atoms with van der Waals surface area (Å²) in [6, 6.07) is 9.32. The number of halogens is 1. The van der Waals surface area contributed by atoms with Gasteiger partial charge in [0.15, 0.2) is 12.4 Å². The Labute approximate surface area is 164 Å². The number of nitrogens with one attached hydrogen (secondary N) is 2. The minimum absolute atomic E-state index is 0.0522. The van der Waals surface area contributed by atoms with Gasteiger partial charge in [-0.05, 0) is 35.7 Å². The van der Waals surface area contributed by atoms with E-state index in [1.807, 2.05) is 17.5 Å².